The molecule has 1 saturated carbocycles. The van der Waals surface area contributed by atoms with Crippen LogP contribution in [0.5, 0.6) is 0 Å². The van der Waals surface area contributed by atoms with Crippen molar-refractivity contribution in [2.75, 3.05) is 40.0 Å². The van der Waals surface area contributed by atoms with Gasteiger partial charge in [-0.25, -0.2) is 8.42 Å². The van der Waals surface area contributed by atoms with Crippen molar-refractivity contribution in [3.8, 4) is 0 Å². The average molecular weight is 264 g/mol. The molecule has 0 amide bonds. The van der Waals surface area contributed by atoms with E-state index in [1.807, 2.05) is 19.0 Å². The van der Waals surface area contributed by atoms with Gasteiger partial charge in [0.05, 0.1) is 17.4 Å². The summed E-state index contributed by atoms with van der Waals surface area (Å²) in [4.78, 5) is 2.03. The van der Waals surface area contributed by atoms with E-state index in [0.29, 0.717) is 13.0 Å². The summed E-state index contributed by atoms with van der Waals surface area (Å²) in [5, 5.41) is 12.4. The maximum Gasteiger partial charge on any atom is 0.152 e. The number of nitrogens with zero attached hydrogens (tertiary/aromatic N) is 1. The van der Waals surface area contributed by atoms with Crippen molar-refractivity contribution in [3.63, 3.8) is 0 Å². The summed E-state index contributed by atoms with van der Waals surface area (Å²) in [7, 11) is 0.827. The van der Waals surface area contributed by atoms with Crippen LogP contribution in [0.4, 0.5) is 0 Å². The first-order valence-corrected chi connectivity index (χ1v) is 7.97. The first-order valence-electron chi connectivity index (χ1n) is 6.01. The van der Waals surface area contributed by atoms with Gasteiger partial charge in [-0.1, -0.05) is 6.42 Å². The highest BCUT2D eigenvalue weighted by Crippen LogP contribution is 2.34. The minimum atomic E-state index is -3.11. The fourth-order valence-electron chi connectivity index (χ4n) is 2.63. The smallest absolute Gasteiger partial charge is 0.152 e. The zero-order valence-electron chi connectivity index (χ0n) is 10.9. The highest BCUT2D eigenvalue weighted by molar-refractivity contribution is 7.91. The molecule has 1 rings (SSSR count). The molecule has 0 aliphatic heterocycles. The largest absolute Gasteiger partial charge is 0.394 e. The topological polar surface area (TPSA) is 69.6 Å². The fourth-order valence-corrected chi connectivity index (χ4v) is 4.32. The molecule has 0 radical (unpaired) electrons. The van der Waals surface area contributed by atoms with Gasteiger partial charge < -0.3 is 15.3 Å². The highest BCUT2D eigenvalue weighted by atomic mass is 32.2. The van der Waals surface area contributed by atoms with Crippen molar-refractivity contribution in [3.05, 3.63) is 0 Å². The van der Waals surface area contributed by atoms with Crippen LogP contribution < -0.4 is 5.32 Å². The van der Waals surface area contributed by atoms with Crippen molar-refractivity contribution < 1.29 is 13.5 Å². The molecular weight excluding hydrogens is 240 g/mol. The molecule has 1 aliphatic rings. The number of aliphatic hydroxyl groups excluding tert-OH is 1. The van der Waals surface area contributed by atoms with Crippen molar-refractivity contribution in [2.45, 2.75) is 30.1 Å². The molecule has 102 valence electrons. The lowest BCUT2D eigenvalue weighted by Gasteiger charge is -2.34. The molecule has 2 atom stereocenters. The Labute approximate surface area is 104 Å². The number of hydrogen-bond acceptors (Lipinski definition) is 5. The summed E-state index contributed by atoms with van der Waals surface area (Å²) in [6.07, 6.45) is 3.50. The van der Waals surface area contributed by atoms with Crippen molar-refractivity contribution >= 4 is 9.84 Å². The molecule has 6 heteroatoms. The van der Waals surface area contributed by atoms with E-state index in [2.05, 4.69) is 5.32 Å². The molecule has 0 saturated heterocycles. The minimum absolute atomic E-state index is 0.113. The van der Waals surface area contributed by atoms with Crippen LogP contribution in [0.3, 0.4) is 0 Å². The summed E-state index contributed by atoms with van der Waals surface area (Å²) in [5.74, 6) is 0. The maximum atomic E-state index is 11.7. The van der Waals surface area contributed by atoms with Gasteiger partial charge in [0.15, 0.2) is 9.84 Å². The molecule has 0 aromatic heterocycles. The molecule has 0 heterocycles. The zero-order chi connectivity index (χ0) is 13.1. The molecule has 0 aromatic carbocycles. The minimum Gasteiger partial charge on any atom is -0.394 e. The first-order chi connectivity index (χ1) is 7.82. The quantitative estimate of drug-likeness (QED) is 0.675. The third kappa shape index (κ3) is 3.64. The Morgan fingerprint density at radius 3 is 2.59 bits per heavy atom. The summed E-state index contributed by atoms with van der Waals surface area (Å²) < 4.78 is 23.5. The van der Waals surface area contributed by atoms with E-state index in [0.717, 1.165) is 19.4 Å². The molecule has 1 aliphatic carbocycles. The number of nitrogens with one attached hydrogen (secondary N) is 1. The van der Waals surface area contributed by atoms with Gasteiger partial charge in [-0.05, 0) is 26.9 Å². The second-order valence-electron chi connectivity index (χ2n) is 5.25. The van der Waals surface area contributed by atoms with E-state index in [4.69, 9.17) is 0 Å². The van der Waals surface area contributed by atoms with Gasteiger partial charge in [-0.15, -0.1) is 0 Å². The molecule has 0 spiro atoms. The van der Waals surface area contributed by atoms with Crippen LogP contribution in [0, 0.1) is 0 Å². The van der Waals surface area contributed by atoms with Gasteiger partial charge >= 0.3 is 0 Å². The lowest BCUT2D eigenvalue weighted by atomic mass is 9.98. The number of hydrogen-bond donors (Lipinski definition) is 2. The van der Waals surface area contributed by atoms with Crippen LogP contribution in [-0.4, -0.2) is 69.3 Å². The van der Waals surface area contributed by atoms with E-state index in [1.54, 1.807) is 0 Å². The van der Waals surface area contributed by atoms with Crippen molar-refractivity contribution in [2.24, 2.45) is 0 Å². The van der Waals surface area contributed by atoms with Crippen LogP contribution in [0.25, 0.3) is 0 Å². The predicted octanol–water partition coefficient (Wildman–Crippen LogP) is -0.534. The Morgan fingerprint density at radius 2 is 2.12 bits per heavy atom. The second kappa shape index (κ2) is 5.65. The molecule has 0 bridgehead atoms. The van der Waals surface area contributed by atoms with E-state index in [9.17, 15) is 13.5 Å². The zero-order valence-corrected chi connectivity index (χ0v) is 11.8. The van der Waals surface area contributed by atoms with Crippen LogP contribution >= 0.6 is 0 Å². The van der Waals surface area contributed by atoms with Gasteiger partial charge in [-0.2, -0.15) is 0 Å². The number of aliphatic hydroxyl groups is 1. The second-order valence-corrected chi connectivity index (χ2v) is 7.48. The van der Waals surface area contributed by atoms with Crippen LogP contribution in [-0.2, 0) is 9.84 Å². The van der Waals surface area contributed by atoms with Crippen molar-refractivity contribution in [1.82, 2.24) is 10.2 Å². The number of rotatable bonds is 6. The first kappa shape index (κ1) is 14.9. The average Bonchev–Trinajstić information content (AvgIpc) is 2.61. The lowest BCUT2D eigenvalue weighted by molar-refractivity contribution is 0.163. The monoisotopic (exact) mass is 264 g/mol. The summed E-state index contributed by atoms with van der Waals surface area (Å²) in [6.45, 7) is 1.41. The Hall–Kier alpha value is -0.170. The standard InChI is InChI=1S/C11H24N2O3S/c1-13(2)8-7-12-11(9-14)6-4-5-10(11)17(3,15)16/h10,12,14H,4-9H2,1-3H3. The Kier molecular flexibility index (Phi) is 4.95. The summed E-state index contributed by atoms with van der Waals surface area (Å²) >= 11 is 0. The summed E-state index contributed by atoms with van der Waals surface area (Å²) in [5.41, 5.74) is -0.635. The van der Waals surface area contributed by atoms with E-state index in [1.165, 1.54) is 6.26 Å². The molecule has 0 aromatic rings. The normalized spacial score (nSPS) is 30.1. The lowest BCUT2D eigenvalue weighted by Crippen LogP contribution is -2.57. The fraction of sp³-hybridized carbons (Fsp3) is 1.00. The predicted molar refractivity (Wildman–Crippen MR) is 68.9 cm³/mol. The molecule has 2 unspecified atom stereocenters. The van der Waals surface area contributed by atoms with Crippen molar-refractivity contribution in [1.29, 1.82) is 0 Å². The molecule has 1 fully saturated rings. The van der Waals surface area contributed by atoms with Gasteiger partial charge in [0.1, 0.15) is 0 Å². The molecular formula is C11H24N2O3S. The van der Waals surface area contributed by atoms with Crippen LogP contribution in [0.1, 0.15) is 19.3 Å². The third-order valence-corrected chi connectivity index (χ3v) is 5.26. The van der Waals surface area contributed by atoms with Gasteiger partial charge in [-0.3, -0.25) is 0 Å². The van der Waals surface area contributed by atoms with E-state index in [-0.39, 0.29) is 6.61 Å². The molecule has 2 N–H and O–H groups in total. The van der Waals surface area contributed by atoms with E-state index >= 15 is 0 Å². The Morgan fingerprint density at radius 1 is 1.47 bits per heavy atom. The highest BCUT2D eigenvalue weighted by Gasteiger charge is 2.47. The van der Waals surface area contributed by atoms with Gasteiger partial charge in [0, 0.05) is 19.3 Å². The number of likely N-dealkylation sites (N-methyl/N-ethyl adjacent to an activating group) is 1. The third-order valence-electron chi connectivity index (χ3n) is 3.54. The molecule has 17 heavy (non-hydrogen) atoms. The van der Waals surface area contributed by atoms with Gasteiger partial charge in [0.25, 0.3) is 0 Å². The summed E-state index contributed by atoms with van der Waals surface area (Å²) in [6, 6.07) is 0. The maximum absolute atomic E-state index is 11.7. The molecule has 5 nitrogen and oxygen atoms in total. The Bertz CT molecular complexity index is 343. The van der Waals surface area contributed by atoms with Crippen LogP contribution in [0.15, 0.2) is 0 Å². The van der Waals surface area contributed by atoms with E-state index < -0.39 is 20.6 Å². The van der Waals surface area contributed by atoms with Gasteiger partial charge in [0.2, 0.25) is 0 Å². The van der Waals surface area contributed by atoms with Crippen LogP contribution in [0.2, 0.25) is 0 Å². The SMILES string of the molecule is CN(C)CCNC1(CO)CCCC1S(C)(=O)=O. The Balaban J connectivity index is 2.73. The number of sulfone groups is 1.